The molecule has 1 N–H and O–H groups in total. The Morgan fingerprint density at radius 2 is 1.56 bits per heavy atom. The molecule has 1 atom stereocenters. The van der Waals surface area contributed by atoms with E-state index in [1.54, 1.807) is 37.3 Å². The summed E-state index contributed by atoms with van der Waals surface area (Å²) in [7, 11) is 3.10. The number of carbonyl (C=O) groups is 2. The summed E-state index contributed by atoms with van der Waals surface area (Å²) in [6.45, 7) is 6.63. The first-order chi connectivity index (χ1) is 15.4. The van der Waals surface area contributed by atoms with Gasteiger partial charge < -0.3 is 24.4 Å². The van der Waals surface area contributed by atoms with Gasteiger partial charge in [0.05, 0.1) is 14.2 Å². The van der Waals surface area contributed by atoms with E-state index in [1.165, 1.54) is 0 Å². The van der Waals surface area contributed by atoms with Crippen molar-refractivity contribution in [1.29, 1.82) is 0 Å². The third-order valence-electron chi connectivity index (χ3n) is 4.95. The van der Waals surface area contributed by atoms with Gasteiger partial charge in [0.1, 0.15) is 23.3 Å². The summed E-state index contributed by atoms with van der Waals surface area (Å²) in [5.41, 5.74) is 0.944. The Labute approximate surface area is 190 Å². The van der Waals surface area contributed by atoms with Gasteiger partial charge in [0, 0.05) is 31.3 Å². The van der Waals surface area contributed by atoms with Gasteiger partial charge in [-0.3, -0.25) is 9.59 Å². The molecule has 0 aliphatic rings. The van der Waals surface area contributed by atoms with Crippen LogP contribution in [0.2, 0.25) is 0 Å². The quantitative estimate of drug-likeness (QED) is 0.543. The van der Waals surface area contributed by atoms with Crippen molar-refractivity contribution in [2.75, 3.05) is 27.4 Å². The Kier molecular flexibility index (Phi) is 9.85. The van der Waals surface area contributed by atoms with Crippen LogP contribution in [0.4, 0.5) is 0 Å². The molecule has 0 spiro atoms. The van der Waals surface area contributed by atoms with Crippen LogP contribution in [0.15, 0.2) is 48.5 Å². The molecule has 0 radical (unpaired) electrons. The summed E-state index contributed by atoms with van der Waals surface area (Å²) in [5, 5.41) is 2.95. The standard InChI is InChI=1S/C25H34N2O5/c1-6-23(25(29)26-15-18(2)3)27(16-19-10-8-7-9-11-19)24(28)17-32-22-13-20(30-4)12-21(14-22)31-5/h7-14,18,23H,6,15-17H2,1-5H3,(H,26,29)/t23-/m0/s1. The molecule has 0 aliphatic carbocycles. The van der Waals surface area contributed by atoms with E-state index in [0.29, 0.717) is 42.7 Å². The molecule has 32 heavy (non-hydrogen) atoms. The third-order valence-corrected chi connectivity index (χ3v) is 4.95. The Bertz CT molecular complexity index is 848. The van der Waals surface area contributed by atoms with Gasteiger partial charge in [0.25, 0.3) is 5.91 Å². The monoisotopic (exact) mass is 442 g/mol. The van der Waals surface area contributed by atoms with E-state index in [2.05, 4.69) is 5.32 Å². The van der Waals surface area contributed by atoms with Crippen LogP contribution in [0.25, 0.3) is 0 Å². The van der Waals surface area contributed by atoms with E-state index in [0.717, 1.165) is 5.56 Å². The van der Waals surface area contributed by atoms with E-state index in [9.17, 15) is 9.59 Å². The molecule has 0 aliphatic heterocycles. The molecule has 0 aromatic heterocycles. The van der Waals surface area contributed by atoms with Crippen molar-refractivity contribution in [3.63, 3.8) is 0 Å². The van der Waals surface area contributed by atoms with Crippen LogP contribution in [0.3, 0.4) is 0 Å². The zero-order valence-corrected chi connectivity index (χ0v) is 19.6. The first-order valence-electron chi connectivity index (χ1n) is 10.8. The number of rotatable bonds is 12. The van der Waals surface area contributed by atoms with E-state index in [-0.39, 0.29) is 18.4 Å². The fourth-order valence-electron chi connectivity index (χ4n) is 3.21. The number of hydrogen-bond donors (Lipinski definition) is 1. The Hall–Kier alpha value is -3.22. The van der Waals surface area contributed by atoms with Crippen LogP contribution in [0.1, 0.15) is 32.8 Å². The smallest absolute Gasteiger partial charge is 0.261 e. The summed E-state index contributed by atoms with van der Waals surface area (Å²) in [6, 6.07) is 14.1. The fraction of sp³-hybridized carbons (Fsp3) is 0.440. The Morgan fingerprint density at radius 3 is 2.09 bits per heavy atom. The number of carbonyl (C=O) groups excluding carboxylic acids is 2. The van der Waals surface area contributed by atoms with Gasteiger partial charge in [-0.05, 0) is 17.9 Å². The summed E-state index contributed by atoms with van der Waals surface area (Å²) < 4.78 is 16.3. The van der Waals surface area contributed by atoms with Gasteiger partial charge in [0.15, 0.2) is 6.61 Å². The van der Waals surface area contributed by atoms with Crippen molar-refractivity contribution in [3.8, 4) is 17.2 Å². The minimum Gasteiger partial charge on any atom is -0.496 e. The van der Waals surface area contributed by atoms with E-state index in [4.69, 9.17) is 14.2 Å². The second kappa shape index (κ2) is 12.6. The Balaban J connectivity index is 2.20. The molecule has 0 saturated carbocycles. The molecular formula is C25H34N2O5. The van der Waals surface area contributed by atoms with Crippen molar-refractivity contribution >= 4 is 11.8 Å². The predicted octanol–water partition coefficient (Wildman–Crippen LogP) is 3.66. The maximum atomic E-state index is 13.2. The topological polar surface area (TPSA) is 77.1 Å². The summed E-state index contributed by atoms with van der Waals surface area (Å²) in [4.78, 5) is 27.7. The lowest BCUT2D eigenvalue weighted by molar-refractivity contribution is -0.143. The normalized spacial score (nSPS) is 11.6. The summed E-state index contributed by atoms with van der Waals surface area (Å²) >= 11 is 0. The van der Waals surface area contributed by atoms with Crippen LogP contribution in [-0.2, 0) is 16.1 Å². The molecule has 2 amide bonds. The van der Waals surface area contributed by atoms with E-state index < -0.39 is 6.04 Å². The predicted molar refractivity (Wildman–Crippen MR) is 124 cm³/mol. The van der Waals surface area contributed by atoms with Crippen LogP contribution < -0.4 is 19.5 Å². The number of hydrogen-bond acceptors (Lipinski definition) is 5. The van der Waals surface area contributed by atoms with Gasteiger partial charge in [-0.2, -0.15) is 0 Å². The highest BCUT2D eigenvalue weighted by molar-refractivity contribution is 5.88. The number of amides is 2. The fourth-order valence-corrected chi connectivity index (χ4v) is 3.21. The van der Waals surface area contributed by atoms with Crippen molar-refractivity contribution in [3.05, 3.63) is 54.1 Å². The highest BCUT2D eigenvalue weighted by atomic mass is 16.5. The lowest BCUT2D eigenvalue weighted by Gasteiger charge is -2.30. The number of ether oxygens (including phenoxy) is 3. The van der Waals surface area contributed by atoms with Gasteiger partial charge in [-0.25, -0.2) is 0 Å². The average molecular weight is 443 g/mol. The zero-order chi connectivity index (χ0) is 23.5. The van der Waals surface area contributed by atoms with Crippen molar-refractivity contribution in [2.24, 2.45) is 5.92 Å². The van der Waals surface area contributed by atoms with Crippen LogP contribution >= 0.6 is 0 Å². The van der Waals surface area contributed by atoms with Crippen molar-refractivity contribution in [1.82, 2.24) is 10.2 Å². The molecule has 0 unspecified atom stereocenters. The molecule has 0 saturated heterocycles. The minimum atomic E-state index is -0.593. The van der Waals surface area contributed by atoms with Gasteiger partial charge in [-0.15, -0.1) is 0 Å². The maximum Gasteiger partial charge on any atom is 0.261 e. The second-order valence-electron chi connectivity index (χ2n) is 7.91. The van der Waals surface area contributed by atoms with Crippen LogP contribution in [-0.4, -0.2) is 50.1 Å². The summed E-state index contributed by atoms with van der Waals surface area (Å²) in [6.07, 6.45) is 0.496. The number of nitrogens with one attached hydrogen (secondary N) is 1. The van der Waals surface area contributed by atoms with Crippen molar-refractivity contribution < 1.29 is 23.8 Å². The average Bonchev–Trinajstić information content (AvgIpc) is 2.81. The van der Waals surface area contributed by atoms with E-state index in [1.807, 2.05) is 51.1 Å². The number of benzene rings is 2. The lowest BCUT2D eigenvalue weighted by atomic mass is 10.1. The molecule has 174 valence electrons. The molecule has 0 fully saturated rings. The third kappa shape index (κ3) is 7.48. The first-order valence-corrected chi connectivity index (χ1v) is 10.8. The van der Waals surface area contributed by atoms with Crippen molar-refractivity contribution in [2.45, 2.75) is 39.8 Å². The largest absolute Gasteiger partial charge is 0.496 e. The molecule has 0 heterocycles. The zero-order valence-electron chi connectivity index (χ0n) is 19.6. The first kappa shape index (κ1) is 25.0. The molecular weight excluding hydrogens is 408 g/mol. The Morgan fingerprint density at radius 1 is 0.969 bits per heavy atom. The second-order valence-corrected chi connectivity index (χ2v) is 7.91. The minimum absolute atomic E-state index is 0.159. The summed E-state index contributed by atoms with van der Waals surface area (Å²) in [5.74, 6) is 1.46. The van der Waals surface area contributed by atoms with Gasteiger partial charge >= 0.3 is 0 Å². The molecule has 2 aromatic rings. The molecule has 2 aromatic carbocycles. The molecule has 7 nitrogen and oxygen atoms in total. The van der Waals surface area contributed by atoms with Gasteiger partial charge in [-0.1, -0.05) is 51.1 Å². The number of methoxy groups -OCH3 is 2. The lowest BCUT2D eigenvalue weighted by Crippen LogP contribution is -2.50. The van der Waals surface area contributed by atoms with Crippen LogP contribution in [0, 0.1) is 5.92 Å². The number of nitrogens with zero attached hydrogens (tertiary/aromatic N) is 1. The molecule has 0 bridgehead atoms. The van der Waals surface area contributed by atoms with Crippen LogP contribution in [0.5, 0.6) is 17.2 Å². The SMILES string of the molecule is CC[C@@H](C(=O)NCC(C)C)N(Cc1ccccc1)C(=O)COc1cc(OC)cc(OC)c1. The van der Waals surface area contributed by atoms with E-state index >= 15 is 0 Å². The highest BCUT2D eigenvalue weighted by Gasteiger charge is 2.29. The highest BCUT2D eigenvalue weighted by Crippen LogP contribution is 2.27. The maximum absolute atomic E-state index is 13.2. The molecule has 7 heteroatoms. The van der Waals surface area contributed by atoms with Gasteiger partial charge in [0.2, 0.25) is 5.91 Å². The molecule has 2 rings (SSSR count).